The second-order valence-corrected chi connectivity index (χ2v) is 3.86. The van der Waals surface area contributed by atoms with Gasteiger partial charge in [0.1, 0.15) is 0 Å². The average Bonchev–Trinajstić information content (AvgIpc) is 2.04. The van der Waals surface area contributed by atoms with Crippen LogP contribution in [0.1, 0.15) is 38.5 Å². The van der Waals surface area contributed by atoms with E-state index in [1.165, 1.54) is 44.1 Å². The molecule has 2 aliphatic rings. The third-order valence-corrected chi connectivity index (χ3v) is 3.00. The van der Waals surface area contributed by atoms with Crippen molar-refractivity contribution < 1.29 is 0 Å². The fourth-order valence-corrected chi connectivity index (χ4v) is 2.32. The van der Waals surface area contributed by atoms with Crippen LogP contribution in [0.15, 0.2) is 23.8 Å². The van der Waals surface area contributed by atoms with Crippen LogP contribution in [0.4, 0.5) is 0 Å². The molecular weight excluding hydrogens is 132 g/mol. The third-order valence-electron chi connectivity index (χ3n) is 3.00. The van der Waals surface area contributed by atoms with Gasteiger partial charge in [-0.1, -0.05) is 30.2 Å². The van der Waals surface area contributed by atoms with Crippen molar-refractivity contribution in [1.29, 1.82) is 0 Å². The summed E-state index contributed by atoms with van der Waals surface area (Å²) in [6.45, 7) is 4.03. The molecule has 1 saturated carbocycles. The maximum atomic E-state index is 4.03. The SMILES string of the molecule is C=C1C=C2CCCCC2CC1. The number of fused-ring (bicyclic) bond motifs is 1. The molecular formula is C11H16. The van der Waals surface area contributed by atoms with Crippen molar-refractivity contribution in [3.63, 3.8) is 0 Å². The summed E-state index contributed by atoms with van der Waals surface area (Å²) < 4.78 is 0. The largest absolute Gasteiger partial charge is 0.0958 e. The highest BCUT2D eigenvalue weighted by Crippen LogP contribution is 2.37. The van der Waals surface area contributed by atoms with E-state index in [0.717, 1.165) is 5.92 Å². The molecule has 0 heterocycles. The molecule has 1 unspecified atom stereocenters. The van der Waals surface area contributed by atoms with Gasteiger partial charge >= 0.3 is 0 Å². The maximum absolute atomic E-state index is 4.03. The Balaban J connectivity index is 2.16. The molecule has 0 saturated heterocycles. The van der Waals surface area contributed by atoms with E-state index in [1.54, 1.807) is 5.57 Å². The maximum Gasteiger partial charge on any atom is -0.0197 e. The average molecular weight is 148 g/mol. The van der Waals surface area contributed by atoms with Crippen molar-refractivity contribution in [2.75, 3.05) is 0 Å². The molecule has 2 aliphatic carbocycles. The second-order valence-electron chi connectivity index (χ2n) is 3.86. The first kappa shape index (κ1) is 7.15. The predicted molar refractivity (Wildman–Crippen MR) is 48.4 cm³/mol. The molecule has 1 fully saturated rings. The molecule has 0 amide bonds. The smallest absolute Gasteiger partial charge is 0.0197 e. The van der Waals surface area contributed by atoms with Crippen molar-refractivity contribution >= 4 is 0 Å². The molecule has 0 radical (unpaired) electrons. The third kappa shape index (κ3) is 1.40. The molecule has 0 bridgehead atoms. The van der Waals surface area contributed by atoms with Gasteiger partial charge in [-0.25, -0.2) is 0 Å². The van der Waals surface area contributed by atoms with Crippen LogP contribution in [-0.2, 0) is 0 Å². The zero-order valence-corrected chi connectivity index (χ0v) is 7.10. The van der Waals surface area contributed by atoms with E-state index in [-0.39, 0.29) is 0 Å². The highest BCUT2D eigenvalue weighted by atomic mass is 14.3. The van der Waals surface area contributed by atoms with Crippen molar-refractivity contribution in [3.8, 4) is 0 Å². The Morgan fingerprint density at radius 2 is 2.09 bits per heavy atom. The van der Waals surface area contributed by atoms with E-state index in [2.05, 4.69) is 12.7 Å². The van der Waals surface area contributed by atoms with Gasteiger partial charge in [-0.3, -0.25) is 0 Å². The van der Waals surface area contributed by atoms with E-state index in [4.69, 9.17) is 0 Å². The summed E-state index contributed by atoms with van der Waals surface area (Å²) in [5.41, 5.74) is 3.06. The van der Waals surface area contributed by atoms with Crippen LogP contribution in [0, 0.1) is 5.92 Å². The lowest BCUT2D eigenvalue weighted by molar-refractivity contribution is 0.419. The summed E-state index contributed by atoms with van der Waals surface area (Å²) in [6, 6.07) is 0. The van der Waals surface area contributed by atoms with E-state index < -0.39 is 0 Å². The van der Waals surface area contributed by atoms with Crippen molar-refractivity contribution in [2.24, 2.45) is 5.92 Å². The Morgan fingerprint density at radius 3 is 3.00 bits per heavy atom. The van der Waals surface area contributed by atoms with Gasteiger partial charge in [0.05, 0.1) is 0 Å². The second kappa shape index (κ2) is 2.84. The van der Waals surface area contributed by atoms with Crippen molar-refractivity contribution in [3.05, 3.63) is 23.8 Å². The zero-order chi connectivity index (χ0) is 7.68. The van der Waals surface area contributed by atoms with E-state index >= 15 is 0 Å². The van der Waals surface area contributed by atoms with Crippen molar-refractivity contribution in [1.82, 2.24) is 0 Å². The Labute approximate surface area is 69.0 Å². The fourth-order valence-electron chi connectivity index (χ4n) is 2.32. The molecule has 60 valence electrons. The van der Waals surface area contributed by atoms with Crippen LogP contribution in [-0.4, -0.2) is 0 Å². The van der Waals surface area contributed by atoms with Gasteiger partial charge in [-0.2, -0.15) is 0 Å². The molecule has 0 aliphatic heterocycles. The van der Waals surface area contributed by atoms with Crippen LogP contribution in [0.2, 0.25) is 0 Å². The topological polar surface area (TPSA) is 0 Å². The number of allylic oxidation sites excluding steroid dienone is 3. The van der Waals surface area contributed by atoms with Crippen LogP contribution in [0.3, 0.4) is 0 Å². The molecule has 11 heavy (non-hydrogen) atoms. The quantitative estimate of drug-likeness (QED) is 0.493. The minimum absolute atomic E-state index is 0.939. The van der Waals surface area contributed by atoms with Crippen molar-refractivity contribution in [2.45, 2.75) is 38.5 Å². The minimum Gasteiger partial charge on any atom is -0.0958 e. The normalized spacial score (nSPS) is 31.1. The lowest BCUT2D eigenvalue weighted by atomic mass is 9.77. The molecule has 0 nitrogen and oxygen atoms in total. The first-order chi connectivity index (χ1) is 5.36. The van der Waals surface area contributed by atoms with Crippen LogP contribution < -0.4 is 0 Å². The van der Waals surface area contributed by atoms with Crippen LogP contribution >= 0.6 is 0 Å². The lowest BCUT2D eigenvalue weighted by Gasteiger charge is -2.29. The van der Waals surface area contributed by atoms with Crippen LogP contribution in [0.25, 0.3) is 0 Å². The number of hydrogen-bond donors (Lipinski definition) is 0. The summed E-state index contributed by atoms with van der Waals surface area (Å²) in [7, 11) is 0. The summed E-state index contributed by atoms with van der Waals surface area (Å²) in [6.07, 6.45) is 10.6. The standard InChI is InChI=1S/C11H16/c1-9-6-7-10-4-2-3-5-11(10)8-9/h8,10H,1-7H2. The Kier molecular flexibility index (Phi) is 1.85. The minimum atomic E-state index is 0.939. The highest BCUT2D eigenvalue weighted by molar-refractivity contribution is 5.27. The van der Waals surface area contributed by atoms with E-state index in [9.17, 15) is 0 Å². The molecule has 1 atom stereocenters. The molecule has 0 aromatic heterocycles. The number of rotatable bonds is 0. The summed E-state index contributed by atoms with van der Waals surface area (Å²) in [5.74, 6) is 0.939. The Morgan fingerprint density at radius 1 is 1.18 bits per heavy atom. The molecule has 0 heteroatoms. The molecule has 0 aromatic rings. The van der Waals surface area contributed by atoms with Gasteiger partial charge in [-0.05, 0) is 38.0 Å². The molecule has 0 aromatic carbocycles. The van der Waals surface area contributed by atoms with Gasteiger partial charge in [0.25, 0.3) is 0 Å². The van der Waals surface area contributed by atoms with Gasteiger partial charge in [0.15, 0.2) is 0 Å². The first-order valence-corrected chi connectivity index (χ1v) is 4.74. The van der Waals surface area contributed by atoms with Gasteiger partial charge in [-0.15, -0.1) is 0 Å². The van der Waals surface area contributed by atoms with E-state index in [0.29, 0.717) is 0 Å². The number of hydrogen-bond acceptors (Lipinski definition) is 0. The zero-order valence-electron chi connectivity index (χ0n) is 7.10. The summed E-state index contributed by atoms with van der Waals surface area (Å²) >= 11 is 0. The highest BCUT2D eigenvalue weighted by Gasteiger charge is 2.21. The lowest BCUT2D eigenvalue weighted by Crippen LogP contribution is -2.13. The van der Waals surface area contributed by atoms with Gasteiger partial charge in [0.2, 0.25) is 0 Å². The molecule has 2 rings (SSSR count). The van der Waals surface area contributed by atoms with E-state index in [1.807, 2.05) is 0 Å². The summed E-state index contributed by atoms with van der Waals surface area (Å²) in [4.78, 5) is 0. The van der Waals surface area contributed by atoms with Crippen LogP contribution in [0.5, 0.6) is 0 Å². The Hall–Kier alpha value is -0.520. The van der Waals surface area contributed by atoms with Gasteiger partial charge in [0, 0.05) is 0 Å². The molecule has 0 spiro atoms. The first-order valence-electron chi connectivity index (χ1n) is 4.74. The predicted octanol–water partition coefficient (Wildman–Crippen LogP) is 3.45. The fraction of sp³-hybridized carbons (Fsp3) is 0.636. The monoisotopic (exact) mass is 148 g/mol. The summed E-state index contributed by atoms with van der Waals surface area (Å²) in [5, 5.41) is 0. The Bertz CT molecular complexity index is 198. The van der Waals surface area contributed by atoms with Gasteiger partial charge < -0.3 is 0 Å². The molecule has 0 N–H and O–H groups in total.